The van der Waals surface area contributed by atoms with Crippen molar-refractivity contribution < 1.29 is 19.1 Å². The number of piperidine rings is 1. The number of nitrogens with zero attached hydrogens (tertiary/aromatic N) is 3. The van der Waals surface area contributed by atoms with Crippen LogP contribution in [0.3, 0.4) is 0 Å². The van der Waals surface area contributed by atoms with Gasteiger partial charge >= 0.3 is 0 Å². The van der Waals surface area contributed by atoms with Crippen LogP contribution in [0.15, 0.2) is 48.5 Å². The van der Waals surface area contributed by atoms with Gasteiger partial charge in [0.2, 0.25) is 5.91 Å². The highest BCUT2D eigenvalue weighted by Gasteiger charge is 2.34. The van der Waals surface area contributed by atoms with Crippen molar-refractivity contribution in [2.75, 3.05) is 67.6 Å². The van der Waals surface area contributed by atoms with E-state index < -0.39 is 6.10 Å². The third kappa shape index (κ3) is 5.12. The number of hydrogen-bond donors (Lipinski definition) is 1. The van der Waals surface area contributed by atoms with Gasteiger partial charge in [0.1, 0.15) is 5.75 Å². The SMILES string of the molecule is O=C(CN1CC(C(=O)N2CCCCC2)Oc2ccccc21)Nc1ccc(N2CCOCC2)cc1. The molecule has 2 saturated heterocycles. The predicted octanol–water partition coefficient (Wildman–Crippen LogP) is 2.74. The number of fused-ring (bicyclic) bond motifs is 1. The van der Waals surface area contributed by atoms with Crippen LogP contribution in [-0.2, 0) is 14.3 Å². The predicted molar refractivity (Wildman–Crippen MR) is 132 cm³/mol. The molecule has 3 aliphatic rings. The molecule has 2 aromatic carbocycles. The second-order valence-corrected chi connectivity index (χ2v) is 9.04. The van der Waals surface area contributed by atoms with Crippen molar-refractivity contribution in [2.24, 2.45) is 0 Å². The van der Waals surface area contributed by atoms with E-state index in [1.807, 2.05) is 58.3 Å². The van der Waals surface area contributed by atoms with Gasteiger partial charge in [0, 0.05) is 37.6 Å². The monoisotopic (exact) mass is 464 g/mol. The minimum absolute atomic E-state index is 0.0123. The Bertz CT molecular complexity index is 1000. The Morgan fingerprint density at radius 3 is 2.41 bits per heavy atom. The van der Waals surface area contributed by atoms with E-state index in [-0.39, 0.29) is 18.4 Å². The summed E-state index contributed by atoms with van der Waals surface area (Å²) < 4.78 is 11.5. The molecule has 3 aliphatic heterocycles. The van der Waals surface area contributed by atoms with Gasteiger partial charge in [-0.2, -0.15) is 0 Å². The molecule has 0 bridgehead atoms. The van der Waals surface area contributed by atoms with E-state index in [4.69, 9.17) is 9.47 Å². The maximum atomic E-state index is 13.1. The molecule has 1 unspecified atom stereocenters. The van der Waals surface area contributed by atoms with E-state index in [0.717, 1.165) is 75.7 Å². The molecule has 3 heterocycles. The van der Waals surface area contributed by atoms with Crippen molar-refractivity contribution in [3.8, 4) is 5.75 Å². The van der Waals surface area contributed by atoms with Crippen LogP contribution in [0.2, 0.25) is 0 Å². The Morgan fingerprint density at radius 2 is 1.65 bits per heavy atom. The summed E-state index contributed by atoms with van der Waals surface area (Å²) in [5, 5.41) is 3.00. The lowest BCUT2D eigenvalue weighted by Crippen LogP contribution is -2.52. The third-order valence-electron chi connectivity index (χ3n) is 6.67. The van der Waals surface area contributed by atoms with Gasteiger partial charge in [-0.25, -0.2) is 0 Å². The second-order valence-electron chi connectivity index (χ2n) is 9.04. The van der Waals surface area contributed by atoms with E-state index >= 15 is 0 Å². The average Bonchev–Trinajstić information content (AvgIpc) is 2.89. The number of morpholine rings is 1. The number of benzene rings is 2. The number of nitrogens with one attached hydrogen (secondary N) is 1. The first-order valence-corrected chi connectivity index (χ1v) is 12.2. The molecule has 2 aromatic rings. The fourth-order valence-corrected chi connectivity index (χ4v) is 4.85. The Labute approximate surface area is 200 Å². The molecule has 5 rings (SSSR count). The maximum Gasteiger partial charge on any atom is 0.265 e. The zero-order valence-electron chi connectivity index (χ0n) is 19.4. The molecule has 2 amide bonds. The summed E-state index contributed by atoms with van der Waals surface area (Å²) >= 11 is 0. The van der Waals surface area contributed by atoms with E-state index in [2.05, 4.69) is 10.2 Å². The van der Waals surface area contributed by atoms with E-state index in [1.165, 1.54) is 0 Å². The molecule has 0 aliphatic carbocycles. The highest BCUT2D eigenvalue weighted by molar-refractivity contribution is 5.95. The topological polar surface area (TPSA) is 74.4 Å². The van der Waals surface area contributed by atoms with Crippen LogP contribution in [0.4, 0.5) is 17.1 Å². The van der Waals surface area contributed by atoms with Gasteiger partial charge in [0.15, 0.2) is 6.10 Å². The quantitative estimate of drug-likeness (QED) is 0.734. The molecule has 0 saturated carbocycles. The van der Waals surface area contributed by atoms with Gasteiger partial charge in [0.25, 0.3) is 5.91 Å². The number of carbonyl (C=O) groups is 2. The van der Waals surface area contributed by atoms with Crippen LogP contribution < -0.4 is 19.9 Å². The number of anilines is 3. The van der Waals surface area contributed by atoms with Crippen molar-refractivity contribution in [2.45, 2.75) is 25.4 Å². The molecule has 0 aromatic heterocycles. The van der Waals surface area contributed by atoms with E-state index in [9.17, 15) is 9.59 Å². The molecular weight excluding hydrogens is 432 g/mol. The molecule has 34 heavy (non-hydrogen) atoms. The minimum Gasteiger partial charge on any atom is -0.477 e. The summed E-state index contributed by atoms with van der Waals surface area (Å²) in [5.41, 5.74) is 2.72. The van der Waals surface area contributed by atoms with Crippen LogP contribution in [0.1, 0.15) is 19.3 Å². The van der Waals surface area contributed by atoms with Crippen molar-refractivity contribution in [3.63, 3.8) is 0 Å². The largest absolute Gasteiger partial charge is 0.477 e. The normalized spacial score (nSPS) is 20.4. The summed E-state index contributed by atoms with van der Waals surface area (Å²) in [6.07, 6.45) is 2.63. The first-order valence-electron chi connectivity index (χ1n) is 12.2. The summed E-state index contributed by atoms with van der Waals surface area (Å²) in [6.45, 7) is 5.29. The maximum absolute atomic E-state index is 13.1. The second kappa shape index (κ2) is 10.3. The summed E-state index contributed by atoms with van der Waals surface area (Å²) in [5.74, 6) is 0.532. The van der Waals surface area contributed by atoms with Gasteiger partial charge in [-0.15, -0.1) is 0 Å². The molecule has 1 N–H and O–H groups in total. The molecule has 2 fully saturated rings. The van der Waals surface area contributed by atoms with Gasteiger partial charge in [-0.1, -0.05) is 12.1 Å². The van der Waals surface area contributed by atoms with Gasteiger partial charge in [-0.05, 0) is 55.7 Å². The number of amides is 2. The van der Waals surface area contributed by atoms with E-state index in [0.29, 0.717) is 12.3 Å². The summed E-state index contributed by atoms with van der Waals surface area (Å²) in [4.78, 5) is 32.2. The summed E-state index contributed by atoms with van der Waals surface area (Å²) in [6, 6.07) is 15.5. The Hall–Kier alpha value is -3.26. The van der Waals surface area contributed by atoms with Crippen molar-refractivity contribution >= 4 is 28.9 Å². The Kier molecular flexibility index (Phi) is 6.85. The summed E-state index contributed by atoms with van der Waals surface area (Å²) in [7, 11) is 0. The molecule has 1 atom stereocenters. The van der Waals surface area contributed by atoms with Crippen molar-refractivity contribution in [1.29, 1.82) is 0 Å². The molecular formula is C26H32N4O4. The number of ether oxygens (including phenoxy) is 2. The Morgan fingerprint density at radius 1 is 0.912 bits per heavy atom. The molecule has 0 spiro atoms. The molecule has 180 valence electrons. The van der Waals surface area contributed by atoms with Gasteiger partial charge < -0.3 is 29.5 Å². The van der Waals surface area contributed by atoms with Crippen LogP contribution in [0, 0.1) is 0 Å². The molecule has 8 nitrogen and oxygen atoms in total. The number of carbonyl (C=O) groups excluding carboxylic acids is 2. The number of para-hydroxylation sites is 2. The lowest BCUT2D eigenvalue weighted by atomic mass is 10.1. The van der Waals surface area contributed by atoms with Gasteiger partial charge in [-0.3, -0.25) is 9.59 Å². The highest BCUT2D eigenvalue weighted by atomic mass is 16.5. The van der Waals surface area contributed by atoms with Crippen LogP contribution in [0.5, 0.6) is 5.75 Å². The van der Waals surface area contributed by atoms with Gasteiger partial charge in [0.05, 0.1) is 32.0 Å². The van der Waals surface area contributed by atoms with Crippen molar-refractivity contribution in [1.82, 2.24) is 4.90 Å². The van der Waals surface area contributed by atoms with Crippen LogP contribution >= 0.6 is 0 Å². The number of rotatable bonds is 5. The van der Waals surface area contributed by atoms with Crippen molar-refractivity contribution in [3.05, 3.63) is 48.5 Å². The fourth-order valence-electron chi connectivity index (χ4n) is 4.85. The molecule has 0 radical (unpaired) electrons. The first kappa shape index (κ1) is 22.5. The van der Waals surface area contributed by atoms with E-state index in [1.54, 1.807) is 0 Å². The smallest absolute Gasteiger partial charge is 0.265 e. The zero-order valence-corrected chi connectivity index (χ0v) is 19.4. The number of likely N-dealkylation sites (tertiary alicyclic amines) is 1. The first-order chi connectivity index (χ1) is 16.7. The number of hydrogen-bond acceptors (Lipinski definition) is 6. The zero-order chi connectivity index (χ0) is 23.3. The lowest BCUT2D eigenvalue weighted by molar-refractivity contribution is -0.139. The highest BCUT2D eigenvalue weighted by Crippen LogP contribution is 2.33. The standard InChI is InChI=1S/C26H32N4O4/c31-25(27-20-8-10-21(11-9-20)28-14-16-33-17-15-28)19-30-18-24(26(32)29-12-4-1-5-13-29)34-23-7-3-2-6-22(23)30/h2-3,6-11,24H,1,4-5,12-19H2,(H,27,31). The van der Waals surface area contributed by atoms with Crippen LogP contribution in [-0.4, -0.2) is 75.3 Å². The lowest BCUT2D eigenvalue weighted by Gasteiger charge is -2.38. The third-order valence-corrected chi connectivity index (χ3v) is 6.67. The fraction of sp³-hybridized carbons (Fsp3) is 0.462. The average molecular weight is 465 g/mol. The minimum atomic E-state index is -0.603. The van der Waals surface area contributed by atoms with Crippen LogP contribution in [0.25, 0.3) is 0 Å². The molecule has 8 heteroatoms. The Balaban J connectivity index is 1.24.